The molecule has 0 aliphatic heterocycles. The number of ether oxygens (including phenoxy) is 4. The van der Waals surface area contributed by atoms with E-state index in [-0.39, 0.29) is 32.2 Å². The van der Waals surface area contributed by atoms with Gasteiger partial charge in [-0.25, -0.2) is 0 Å². The second-order valence-electron chi connectivity index (χ2n) is 27.7. The quantitative estimate of drug-likeness (QED) is 0.0195. The van der Waals surface area contributed by atoms with Crippen molar-refractivity contribution in [3.05, 3.63) is 12.2 Å². The molecule has 0 aromatic carbocycles. The fourth-order valence-electron chi connectivity index (χ4n) is 11.9. The number of esters is 2. The Kier molecular flexibility index (Phi) is 67.4. The van der Waals surface area contributed by atoms with Crippen LogP contribution in [0.5, 0.6) is 0 Å². The molecule has 0 aromatic heterocycles. The fraction of sp³-hybridized carbons (Fsp3) is 0.935. The molecule has 510 valence electrons. The van der Waals surface area contributed by atoms with Gasteiger partial charge >= 0.3 is 11.9 Å². The molecule has 0 rings (SSSR count). The molecule has 0 N–H and O–H groups in total. The van der Waals surface area contributed by atoms with Crippen molar-refractivity contribution in [2.45, 2.75) is 418 Å². The maximum atomic E-state index is 12.9. The third kappa shape index (κ3) is 69.5. The smallest absolute Gasteiger partial charge is 0.306 e. The first-order valence-corrected chi connectivity index (χ1v) is 38.3. The van der Waals surface area contributed by atoms with Crippen LogP contribution in [0.4, 0.5) is 0 Å². The third-order valence-corrected chi connectivity index (χ3v) is 17.8. The number of hydrogen-bond donors (Lipinski definition) is 0. The van der Waals surface area contributed by atoms with Crippen molar-refractivity contribution in [3.8, 4) is 0 Å². The largest absolute Gasteiger partial charge is 0.545 e. The highest BCUT2D eigenvalue weighted by atomic mass is 16.7. The van der Waals surface area contributed by atoms with Crippen LogP contribution < -0.4 is 5.11 Å². The van der Waals surface area contributed by atoms with E-state index >= 15 is 0 Å². The third-order valence-electron chi connectivity index (χ3n) is 17.8. The summed E-state index contributed by atoms with van der Waals surface area (Å²) < 4.78 is 22.9. The van der Waals surface area contributed by atoms with Crippen molar-refractivity contribution in [3.63, 3.8) is 0 Å². The van der Waals surface area contributed by atoms with Crippen LogP contribution >= 0.6 is 0 Å². The second kappa shape index (κ2) is 68.9. The number of carbonyl (C=O) groups excluding carboxylic acids is 3. The summed E-state index contributed by atoms with van der Waals surface area (Å²) in [4.78, 5) is 37.5. The zero-order valence-electron chi connectivity index (χ0n) is 58.5. The van der Waals surface area contributed by atoms with Crippen LogP contribution in [0.25, 0.3) is 0 Å². The van der Waals surface area contributed by atoms with Gasteiger partial charge in [0.2, 0.25) is 0 Å². The Balaban J connectivity index is 3.98. The molecule has 0 saturated heterocycles. The molecule has 0 aromatic rings. The summed E-state index contributed by atoms with van der Waals surface area (Å²) in [5.41, 5.74) is 0. The number of carbonyl (C=O) groups is 3. The highest BCUT2D eigenvalue weighted by Gasteiger charge is 2.22. The van der Waals surface area contributed by atoms with Gasteiger partial charge in [0.1, 0.15) is 13.2 Å². The molecule has 9 heteroatoms. The van der Waals surface area contributed by atoms with Crippen molar-refractivity contribution < 1.29 is 42.9 Å². The molecule has 0 aliphatic rings. The van der Waals surface area contributed by atoms with Crippen molar-refractivity contribution in [1.29, 1.82) is 0 Å². The number of quaternary nitrogens is 1. The van der Waals surface area contributed by atoms with Gasteiger partial charge in [0.05, 0.1) is 40.3 Å². The molecule has 0 heterocycles. The molecule has 0 fully saturated rings. The predicted octanol–water partition coefficient (Wildman–Crippen LogP) is 22.6. The fourth-order valence-corrected chi connectivity index (χ4v) is 11.9. The van der Waals surface area contributed by atoms with Gasteiger partial charge in [0.15, 0.2) is 12.4 Å². The average molecular weight is 1220 g/mol. The number of nitrogens with zero attached hydrogens (tertiary/aromatic N) is 1. The normalized spacial score (nSPS) is 12.6. The molecule has 2 atom stereocenters. The van der Waals surface area contributed by atoms with Crippen LogP contribution in [0.1, 0.15) is 406 Å². The number of carboxylic acid groups (broad SMARTS) is 1. The van der Waals surface area contributed by atoms with Crippen LogP contribution in [0.2, 0.25) is 0 Å². The number of unbranched alkanes of at least 4 members (excludes halogenated alkanes) is 56. The lowest BCUT2D eigenvalue weighted by atomic mass is 10.0. The van der Waals surface area contributed by atoms with Crippen LogP contribution in [-0.4, -0.2) is 82.3 Å². The zero-order valence-corrected chi connectivity index (χ0v) is 58.5. The Morgan fingerprint density at radius 1 is 0.337 bits per heavy atom. The molecule has 0 radical (unpaired) electrons. The summed E-state index contributed by atoms with van der Waals surface area (Å²) in [6.07, 6.45) is 81.9. The van der Waals surface area contributed by atoms with Crippen molar-refractivity contribution in [2.75, 3.05) is 47.5 Å². The van der Waals surface area contributed by atoms with Crippen molar-refractivity contribution in [1.82, 2.24) is 0 Å². The number of allylic oxidation sites excluding steroid dienone is 2. The SMILES string of the molecule is CCCCCCCCCC/C=C\CCCCCCCCCCCCCCCCCC(=O)OC(COC(=O)CCCCCCCCCCCCCCCCCCCCCCCCCCCCCCCCCCCC)COC(OCC[N+](C)(C)C)C(=O)[O-]. The summed E-state index contributed by atoms with van der Waals surface area (Å²) in [6, 6.07) is 0. The minimum atomic E-state index is -1.62. The van der Waals surface area contributed by atoms with Gasteiger partial charge in [0, 0.05) is 12.8 Å². The Morgan fingerprint density at radius 3 is 0.860 bits per heavy atom. The van der Waals surface area contributed by atoms with E-state index in [4.69, 9.17) is 18.9 Å². The Bertz CT molecular complexity index is 1410. The lowest BCUT2D eigenvalue weighted by Gasteiger charge is -2.26. The van der Waals surface area contributed by atoms with Gasteiger partial charge in [-0.05, 0) is 38.5 Å². The Morgan fingerprint density at radius 2 is 0.593 bits per heavy atom. The number of aliphatic carboxylic acids is 1. The molecule has 0 saturated carbocycles. The van der Waals surface area contributed by atoms with Crippen molar-refractivity contribution >= 4 is 17.9 Å². The number of likely N-dealkylation sites (N-methyl/N-ethyl adjacent to an activating group) is 1. The van der Waals surface area contributed by atoms with Crippen LogP contribution in [0.15, 0.2) is 12.2 Å². The van der Waals surface area contributed by atoms with Gasteiger partial charge in [-0.3, -0.25) is 9.59 Å². The van der Waals surface area contributed by atoms with Gasteiger partial charge in [-0.15, -0.1) is 0 Å². The summed E-state index contributed by atoms with van der Waals surface area (Å²) in [7, 11) is 5.95. The summed E-state index contributed by atoms with van der Waals surface area (Å²) >= 11 is 0. The minimum absolute atomic E-state index is 0.152. The number of carboxylic acids is 1. The maximum absolute atomic E-state index is 12.9. The first kappa shape index (κ1) is 84.0. The Labute approximate surface area is 535 Å². The predicted molar refractivity (Wildman–Crippen MR) is 367 cm³/mol. The van der Waals surface area contributed by atoms with E-state index in [0.29, 0.717) is 17.4 Å². The highest BCUT2D eigenvalue weighted by Crippen LogP contribution is 2.20. The molecule has 0 amide bonds. The van der Waals surface area contributed by atoms with E-state index < -0.39 is 24.3 Å². The summed E-state index contributed by atoms with van der Waals surface area (Å²) in [6.45, 7) is 4.84. The monoisotopic (exact) mass is 1220 g/mol. The lowest BCUT2D eigenvalue weighted by molar-refractivity contribution is -0.870. The molecule has 86 heavy (non-hydrogen) atoms. The second-order valence-corrected chi connectivity index (χ2v) is 27.7. The first-order valence-electron chi connectivity index (χ1n) is 38.3. The van der Waals surface area contributed by atoms with Gasteiger partial charge in [-0.1, -0.05) is 366 Å². The summed E-state index contributed by atoms with van der Waals surface area (Å²) in [5.74, 6) is -2.25. The van der Waals surface area contributed by atoms with E-state index in [2.05, 4.69) is 26.0 Å². The molecule has 0 aliphatic carbocycles. The van der Waals surface area contributed by atoms with Crippen LogP contribution in [-0.2, 0) is 33.3 Å². The van der Waals surface area contributed by atoms with E-state index in [9.17, 15) is 19.5 Å². The molecule has 9 nitrogen and oxygen atoms in total. The van der Waals surface area contributed by atoms with E-state index in [0.717, 1.165) is 38.5 Å². The standard InChI is InChI=1S/C77H149NO8/c1-6-8-10-12-14-16-18-20-22-24-26-28-30-32-34-35-36-37-38-39-40-42-43-45-47-49-51-53-55-57-59-61-63-65-67-74(79)84-71-73(72-85-77(76(81)82)83-70-69-78(3,4)5)86-75(80)68-66-64-62-60-58-56-54-52-50-48-46-44-41-33-31-29-27-25-23-21-19-17-15-13-11-9-7-2/h25,27,73,77H,6-24,26,28-72H2,1-5H3/b27-25-. The minimum Gasteiger partial charge on any atom is -0.545 e. The molecule has 2 unspecified atom stereocenters. The highest BCUT2D eigenvalue weighted by molar-refractivity contribution is 5.70. The van der Waals surface area contributed by atoms with Gasteiger partial charge in [-0.2, -0.15) is 0 Å². The zero-order chi connectivity index (χ0) is 62.6. The number of hydrogen-bond acceptors (Lipinski definition) is 8. The first-order chi connectivity index (χ1) is 42.1. The van der Waals surface area contributed by atoms with Crippen LogP contribution in [0.3, 0.4) is 0 Å². The molecular formula is C77H149NO8. The van der Waals surface area contributed by atoms with Crippen LogP contribution in [0, 0.1) is 0 Å². The Hall–Kier alpha value is -1.97. The molecular weight excluding hydrogens is 1070 g/mol. The van der Waals surface area contributed by atoms with Gasteiger partial charge < -0.3 is 33.3 Å². The topological polar surface area (TPSA) is 111 Å². The van der Waals surface area contributed by atoms with E-state index in [1.165, 1.54) is 340 Å². The number of rotatable bonds is 73. The maximum Gasteiger partial charge on any atom is 0.306 e. The lowest BCUT2D eigenvalue weighted by Crippen LogP contribution is -2.44. The molecule has 0 bridgehead atoms. The summed E-state index contributed by atoms with van der Waals surface area (Å²) in [5, 5.41) is 11.8. The van der Waals surface area contributed by atoms with E-state index in [1.807, 2.05) is 21.1 Å². The average Bonchev–Trinajstić information content (AvgIpc) is 3.64. The van der Waals surface area contributed by atoms with Crippen molar-refractivity contribution in [2.24, 2.45) is 0 Å². The molecule has 0 spiro atoms. The van der Waals surface area contributed by atoms with Gasteiger partial charge in [0.25, 0.3) is 0 Å². The van der Waals surface area contributed by atoms with E-state index in [1.54, 1.807) is 0 Å².